The van der Waals surface area contributed by atoms with Gasteiger partial charge in [-0.1, -0.05) is 19.9 Å². The van der Waals surface area contributed by atoms with E-state index in [1.54, 1.807) is 12.1 Å². The van der Waals surface area contributed by atoms with Crippen LogP contribution in [0, 0.1) is 17.6 Å². The minimum Gasteiger partial charge on any atom is -0.478 e. The summed E-state index contributed by atoms with van der Waals surface area (Å²) < 4.78 is 28.8. The van der Waals surface area contributed by atoms with E-state index in [-0.39, 0.29) is 28.7 Å². The molecule has 2 aromatic heterocycles. The highest BCUT2D eigenvalue weighted by Crippen LogP contribution is 2.48. The van der Waals surface area contributed by atoms with Crippen molar-refractivity contribution >= 4 is 5.97 Å². The van der Waals surface area contributed by atoms with E-state index in [0.717, 1.165) is 12.0 Å². The van der Waals surface area contributed by atoms with Crippen LogP contribution in [0.25, 0.3) is 11.3 Å². The minimum atomic E-state index is -1.03. The molecule has 0 spiro atoms. The van der Waals surface area contributed by atoms with Crippen molar-refractivity contribution in [2.45, 2.75) is 44.9 Å². The lowest BCUT2D eigenvalue weighted by Gasteiger charge is -2.39. The third-order valence-corrected chi connectivity index (χ3v) is 6.30. The Labute approximate surface area is 179 Å². The van der Waals surface area contributed by atoms with Gasteiger partial charge in [0.2, 0.25) is 0 Å². The van der Waals surface area contributed by atoms with Gasteiger partial charge in [-0.25, -0.2) is 13.6 Å². The number of rotatable bonds is 4. The number of benzene rings is 1. The van der Waals surface area contributed by atoms with Crippen LogP contribution < -0.4 is 0 Å². The zero-order chi connectivity index (χ0) is 22.3. The fourth-order valence-electron chi connectivity index (χ4n) is 4.51. The van der Waals surface area contributed by atoms with Crippen LogP contribution in [0.3, 0.4) is 0 Å². The van der Waals surface area contributed by atoms with Gasteiger partial charge in [-0.3, -0.25) is 4.98 Å². The maximum Gasteiger partial charge on any atom is 0.335 e. The number of carboxylic acid groups (broad SMARTS) is 1. The van der Waals surface area contributed by atoms with Gasteiger partial charge in [-0.2, -0.15) is 5.10 Å². The number of halogens is 2. The van der Waals surface area contributed by atoms with Crippen molar-refractivity contribution in [3.63, 3.8) is 0 Å². The SMILES string of the molecule is CC(C)[C@H]1CC[C@](C)(c2cc(C(=O)O)ccn2)c2nnc(-c3c(F)cccc3F)cc21. The molecule has 1 aliphatic rings. The molecule has 0 radical (unpaired) electrons. The van der Waals surface area contributed by atoms with Crippen molar-refractivity contribution in [3.8, 4) is 11.3 Å². The number of nitrogens with zero attached hydrogens (tertiary/aromatic N) is 3. The van der Waals surface area contributed by atoms with Gasteiger partial charge in [-0.15, -0.1) is 5.10 Å². The van der Waals surface area contributed by atoms with E-state index in [2.05, 4.69) is 29.0 Å². The van der Waals surface area contributed by atoms with E-state index in [0.29, 0.717) is 17.8 Å². The quantitative estimate of drug-likeness (QED) is 0.612. The summed E-state index contributed by atoms with van der Waals surface area (Å²) in [5.74, 6) is -1.99. The number of aromatic nitrogens is 3. The van der Waals surface area contributed by atoms with Gasteiger partial charge >= 0.3 is 5.97 Å². The second kappa shape index (κ2) is 7.80. The molecular formula is C24H23F2N3O2. The van der Waals surface area contributed by atoms with Crippen molar-refractivity contribution in [2.24, 2.45) is 5.92 Å². The third-order valence-electron chi connectivity index (χ3n) is 6.30. The van der Waals surface area contributed by atoms with Crippen molar-refractivity contribution in [1.29, 1.82) is 0 Å². The highest BCUT2D eigenvalue weighted by molar-refractivity contribution is 5.87. The highest BCUT2D eigenvalue weighted by atomic mass is 19.1. The molecule has 1 aliphatic carbocycles. The van der Waals surface area contributed by atoms with E-state index in [1.807, 2.05) is 6.92 Å². The molecule has 0 aliphatic heterocycles. The predicted octanol–water partition coefficient (Wildman–Crippen LogP) is 5.35. The van der Waals surface area contributed by atoms with Gasteiger partial charge in [0.1, 0.15) is 11.6 Å². The van der Waals surface area contributed by atoms with Crippen molar-refractivity contribution < 1.29 is 18.7 Å². The molecule has 0 amide bonds. The summed E-state index contributed by atoms with van der Waals surface area (Å²) in [4.78, 5) is 15.9. The van der Waals surface area contributed by atoms with E-state index in [4.69, 9.17) is 0 Å². The zero-order valence-corrected chi connectivity index (χ0v) is 17.6. The Kier molecular flexibility index (Phi) is 5.29. The third kappa shape index (κ3) is 3.58. The summed E-state index contributed by atoms with van der Waals surface area (Å²) in [6, 6.07) is 8.46. The standard InChI is InChI=1S/C24H23F2N3O2/c1-13(2)15-7-9-24(3,20-11-14(23(30)31)8-10-27-20)22-16(15)12-19(28-29-22)21-17(25)5-4-6-18(21)26/h4-6,8,10-13,15H,7,9H2,1-3H3,(H,30,31)/t15-,24-/m1/s1. The largest absolute Gasteiger partial charge is 0.478 e. The first-order valence-corrected chi connectivity index (χ1v) is 10.2. The normalized spacial score (nSPS) is 20.5. The average molecular weight is 423 g/mol. The number of hydrogen-bond donors (Lipinski definition) is 1. The molecule has 31 heavy (non-hydrogen) atoms. The Balaban J connectivity index is 1.91. The van der Waals surface area contributed by atoms with E-state index >= 15 is 0 Å². The Hall–Kier alpha value is -3.22. The van der Waals surface area contributed by atoms with Crippen molar-refractivity contribution in [2.75, 3.05) is 0 Å². The summed E-state index contributed by atoms with van der Waals surface area (Å²) in [5.41, 5.74) is 1.58. The second-order valence-corrected chi connectivity index (χ2v) is 8.59. The Bertz CT molecular complexity index is 1150. The molecule has 0 fully saturated rings. The smallest absolute Gasteiger partial charge is 0.335 e. The van der Waals surface area contributed by atoms with Crippen LogP contribution in [-0.2, 0) is 5.41 Å². The Morgan fingerprint density at radius 1 is 1.16 bits per heavy atom. The molecule has 0 saturated carbocycles. The fraction of sp³-hybridized carbons (Fsp3) is 0.333. The van der Waals surface area contributed by atoms with Gasteiger partial charge in [0, 0.05) is 6.20 Å². The molecule has 3 aromatic rings. The molecule has 2 heterocycles. The van der Waals surface area contributed by atoms with Crippen molar-refractivity contribution in [3.05, 3.63) is 76.7 Å². The molecule has 1 N–H and O–H groups in total. The molecule has 5 nitrogen and oxygen atoms in total. The van der Waals surface area contributed by atoms with Crippen molar-refractivity contribution in [1.82, 2.24) is 15.2 Å². The summed E-state index contributed by atoms with van der Waals surface area (Å²) in [5, 5.41) is 18.0. The molecule has 2 atom stereocenters. The number of pyridine rings is 1. The summed E-state index contributed by atoms with van der Waals surface area (Å²) >= 11 is 0. The molecule has 0 unspecified atom stereocenters. The molecule has 7 heteroatoms. The summed E-state index contributed by atoms with van der Waals surface area (Å²) in [6.45, 7) is 6.17. The van der Waals surface area contributed by atoms with Crippen LogP contribution in [0.4, 0.5) is 8.78 Å². The van der Waals surface area contributed by atoms with E-state index in [1.165, 1.54) is 30.5 Å². The minimum absolute atomic E-state index is 0.134. The molecule has 4 rings (SSSR count). The second-order valence-electron chi connectivity index (χ2n) is 8.59. The lowest BCUT2D eigenvalue weighted by atomic mass is 9.66. The van der Waals surface area contributed by atoms with Gasteiger partial charge in [-0.05, 0) is 67.5 Å². The first-order valence-electron chi connectivity index (χ1n) is 10.2. The monoisotopic (exact) mass is 423 g/mol. The molecule has 1 aromatic carbocycles. The van der Waals surface area contributed by atoms with Gasteiger partial charge in [0.15, 0.2) is 0 Å². The number of carbonyl (C=O) groups is 1. The topological polar surface area (TPSA) is 76.0 Å². The van der Waals surface area contributed by atoms with Gasteiger partial charge < -0.3 is 5.11 Å². The zero-order valence-electron chi connectivity index (χ0n) is 17.6. The van der Waals surface area contributed by atoms with Gasteiger partial charge in [0.05, 0.1) is 33.6 Å². The molecule has 160 valence electrons. The number of aromatic carboxylic acids is 1. The van der Waals surface area contributed by atoms with Crippen LogP contribution in [0.1, 0.15) is 66.8 Å². The van der Waals surface area contributed by atoms with Gasteiger partial charge in [0.25, 0.3) is 0 Å². The van der Waals surface area contributed by atoms with Crippen LogP contribution in [0.15, 0.2) is 42.6 Å². The summed E-state index contributed by atoms with van der Waals surface area (Å²) in [6.07, 6.45) is 3.00. The first kappa shape index (κ1) is 21.0. The highest BCUT2D eigenvalue weighted by Gasteiger charge is 2.42. The predicted molar refractivity (Wildman–Crippen MR) is 112 cm³/mol. The number of fused-ring (bicyclic) bond motifs is 1. The first-order chi connectivity index (χ1) is 14.7. The summed E-state index contributed by atoms with van der Waals surface area (Å²) in [7, 11) is 0. The van der Waals surface area contributed by atoms with Crippen LogP contribution in [0.2, 0.25) is 0 Å². The Morgan fingerprint density at radius 3 is 2.52 bits per heavy atom. The Morgan fingerprint density at radius 2 is 1.87 bits per heavy atom. The van der Waals surface area contributed by atoms with Crippen LogP contribution in [-0.4, -0.2) is 26.3 Å². The lowest BCUT2D eigenvalue weighted by molar-refractivity contribution is 0.0696. The van der Waals surface area contributed by atoms with Crippen LogP contribution >= 0.6 is 0 Å². The van der Waals surface area contributed by atoms with E-state index in [9.17, 15) is 18.7 Å². The number of hydrogen-bond acceptors (Lipinski definition) is 4. The maximum absolute atomic E-state index is 14.4. The fourth-order valence-corrected chi connectivity index (χ4v) is 4.51. The molecule has 0 saturated heterocycles. The molecular weight excluding hydrogens is 400 g/mol. The maximum atomic E-state index is 14.4. The molecule has 0 bridgehead atoms. The lowest BCUT2D eigenvalue weighted by Crippen LogP contribution is -2.34. The number of carboxylic acids is 1. The average Bonchev–Trinajstić information content (AvgIpc) is 2.73. The van der Waals surface area contributed by atoms with Crippen LogP contribution in [0.5, 0.6) is 0 Å². The van der Waals surface area contributed by atoms with E-state index < -0.39 is 23.0 Å².